The minimum atomic E-state index is -3.37. The molecule has 7 bridgehead atoms. The SMILES string of the molecule is CCN1C[C@]2(OC(=O)c3ccccc3CS(=O)(=O)CC)CC[C@H](OC)C34C2CC([C@@H]13)[C@@]1(O)C[C@H](C)[C@H]2CC4[C@]1(O)[C@H]2OC. The molecule has 1 heterocycles. The van der Waals surface area contributed by atoms with E-state index in [0.717, 1.165) is 6.42 Å². The fourth-order valence-corrected chi connectivity index (χ4v) is 12.9. The van der Waals surface area contributed by atoms with Gasteiger partial charge in [0.25, 0.3) is 0 Å². The molecular weight excluding hydrogens is 570 g/mol. The van der Waals surface area contributed by atoms with Crippen LogP contribution in [0.25, 0.3) is 0 Å². The van der Waals surface area contributed by atoms with Gasteiger partial charge in [0, 0.05) is 55.7 Å². The zero-order valence-electron chi connectivity index (χ0n) is 26.0. The fourth-order valence-electron chi connectivity index (χ4n) is 11.9. The van der Waals surface area contributed by atoms with Crippen molar-refractivity contribution in [2.45, 2.75) is 93.7 Å². The molecule has 0 aromatic heterocycles. The predicted molar refractivity (Wildman–Crippen MR) is 159 cm³/mol. The van der Waals surface area contributed by atoms with Gasteiger partial charge in [-0.3, -0.25) is 4.90 Å². The highest BCUT2D eigenvalue weighted by atomic mass is 32.2. The van der Waals surface area contributed by atoms with Crippen molar-refractivity contribution in [3.05, 3.63) is 35.4 Å². The number of rotatable bonds is 8. The van der Waals surface area contributed by atoms with Crippen molar-refractivity contribution in [2.75, 3.05) is 33.1 Å². The molecule has 1 aromatic rings. The van der Waals surface area contributed by atoms with E-state index in [1.165, 1.54) is 0 Å². The summed E-state index contributed by atoms with van der Waals surface area (Å²) in [4.78, 5) is 16.5. The van der Waals surface area contributed by atoms with Crippen LogP contribution in [-0.2, 0) is 29.8 Å². The quantitative estimate of drug-likeness (QED) is 0.424. The Labute approximate surface area is 255 Å². The number of aliphatic hydroxyl groups is 2. The molecule has 2 N–H and O–H groups in total. The summed E-state index contributed by atoms with van der Waals surface area (Å²) in [5.74, 6) is -1.03. The molecule has 0 radical (unpaired) electrons. The third-order valence-corrected chi connectivity index (χ3v) is 14.9. The molecule has 12 atom stereocenters. The number of nitrogens with zero attached hydrogens (tertiary/aromatic N) is 1. The van der Waals surface area contributed by atoms with Crippen LogP contribution in [0, 0.1) is 35.0 Å². The topological polar surface area (TPSA) is 123 Å². The molecule has 5 aliphatic carbocycles. The normalized spacial score (nSPS) is 47.9. The Morgan fingerprint density at radius 2 is 1.84 bits per heavy atom. The lowest BCUT2D eigenvalue weighted by Crippen LogP contribution is -2.83. The number of carbonyl (C=O) groups is 1. The summed E-state index contributed by atoms with van der Waals surface area (Å²) in [6.45, 7) is 7.17. The molecule has 43 heavy (non-hydrogen) atoms. The number of fused-ring (bicyclic) bond motifs is 2. The lowest BCUT2D eigenvalue weighted by Gasteiger charge is -2.70. The molecule has 5 saturated carbocycles. The molecule has 6 aliphatic rings. The Bertz CT molecular complexity index is 1420. The first-order valence-corrected chi connectivity index (χ1v) is 18.0. The summed E-state index contributed by atoms with van der Waals surface area (Å²) in [6, 6.07) is 6.84. The van der Waals surface area contributed by atoms with E-state index < -0.39 is 44.1 Å². The van der Waals surface area contributed by atoms with Gasteiger partial charge in [0.1, 0.15) is 16.8 Å². The van der Waals surface area contributed by atoms with Gasteiger partial charge in [-0.1, -0.05) is 39.0 Å². The number of benzene rings is 1. The molecule has 10 heteroatoms. The molecule has 238 valence electrons. The molecular formula is C33H47NO8S. The zero-order chi connectivity index (χ0) is 30.7. The second-order valence-corrected chi connectivity index (χ2v) is 16.8. The number of hydrogen-bond acceptors (Lipinski definition) is 9. The number of likely N-dealkylation sites (tertiary alicyclic amines) is 1. The van der Waals surface area contributed by atoms with E-state index in [0.29, 0.717) is 44.3 Å². The van der Waals surface area contributed by atoms with Gasteiger partial charge in [0.15, 0.2) is 9.84 Å². The molecule has 7 rings (SSSR count). The number of hydrogen-bond donors (Lipinski definition) is 2. The van der Waals surface area contributed by atoms with Crippen molar-refractivity contribution in [2.24, 2.45) is 35.0 Å². The van der Waals surface area contributed by atoms with Gasteiger partial charge in [0.05, 0.1) is 23.5 Å². The first-order valence-electron chi connectivity index (χ1n) is 16.1. The van der Waals surface area contributed by atoms with E-state index in [4.69, 9.17) is 14.2 Å². The number of ether oxygens (including phenoxy) is 3. The van der Waals surface area contributed by atoms with Gasteiger partial charge in [-0.25, -0.2) is 13.2 Å². The minimum Gasteiger partial charge on any atom is -0.454 e. The number of piperidine rings is 1. The second-order valence-electron chi connectivity index (χ2n) is 14.5. The van der Waals surface area contributed by atoms with Crippen LogP contribution < -0.4 is 0 Å². The number of esters is 1. The molecule has 1 aliphatic heterocycles. The van der Waals surface area contributed by atoms with E-state index in [1.807, 2.05) is 0 Å². The summed E-state index contributed by atoms with van der Waals surface area (Å²) in [6.07, 6.45) is 2.53. The Morgan fingerprint density at radius 3 is 2.51 bits per heavy atom. The molecule has 1 spiro atoms. The van der Waals surface area contributed by atoms with Crippen LogP contribution in [0.4, 0.5) is 0 Å². The van der Waals surface area contributed by atoms with Crippen LogP contribution in [0.2, 0.25) is 0 Å². The number of sulfone groups is 1. The Kier molecular flexibility index (Phi) is 6.81. The van der Waals surface area contributed by atoms with Crippen LogP contribution in [-0.4, -0.2) is 97.6 Å². The number of carbonyl (C=O) groups excluding carboxylic acids is 1. The number of methoxy groups -OCH3 is 2. The maximum absolute atomic E-state index is 14.2. The van der Waals surface area contributed by atoms with E-state index >= 15 is 0 Å². The van der Waals surface area contributed by atoms with Crippen LogP contribution in [0.3, 0.4) is 0 Å². The third kappa shape index (κ3) is 3.57. The Balaban J connectivity index is 1.36. The largest absolute Gasteiger partial charge is 0.454 e. The molecule has 9 nitrogen and oxygen atoms in total. The van der Waals surface area contributed by atoms with Crippen molar-refractivity contribution >= 4 is 15.8 Å². The average Bonchev–Trinajstić information content (AvgIpc) is 3.41. The Hall–Kier alpha value is -1.56. The average molecular weight is 618 g/mol. The second kappa shape index (κ2) is 9.72. The maximum atomic E-state index is 14.2. The molecule has 0 amide bonds. The molecule has 1 aromatic carbocycles. The molecule has 4 unspecified atom stereocenters. The zero-order valence-corrected chi connectivity index (χ0v) is 26.8. The van der Waals surface area contributed by atoms with Crippen molar-refractivity contribution in [1.82, 2.24) is 4.90 Å². The van der Waals surface area contributed by atoms with Gasteiger partial charge in [-0.05, 0) is 62.1 Å². The van der Waals surface area contributed by atoms with Gasteiger partial charge in [-0.15, -0.1) is 0 Å². The van der Waals surface area contributed by atoms with E-state index in [1.54, 1.807) is 45.4 Å². The van der Waals surface area contributed by atoms with Crippen LogP contribution in [0.15, 0.2) is 24.3 Å². The Morgan fingerprint density at radius 1 is 1.09 bits per heavy atom. The first-order chi connectivity index (χ1) is 20.4. The molecule has 6 fully saturated rings. The van der Waals surface area contributed by atoms with E-state index in [9.17, 15) is 23.4 Å². The predicted octanol–water partition coefficient (Wildman–Crippen LogP) is 2.82. The van der Waals surface area contributed by atoms with Gasteiger partial charge in [0.2, 0.25) is 0 Å². The summed E-state index contributed by atoms with van der Waals surface area (Å²) in [7, 11) is 0.0423. The van der Waals surface area contributed by atoms with Crippen LogP contribution in [0.5, 0.6) is 0 Å². The highest BCUT2D eigenvalue weighted by Crippen LogP contribution is 2.79. The summed E-state index contributed by atoms with van der Waals surface area (Å²) in [5.41, 5.74) is -3.41. The van der Waals surface area contributed by atoms with Gasteiger partial charge >= 0.3 is 5.97 Å². The third-order valence-electron chi connectivity index (χ3n) is 13.3. The summed E-state index contributed by atoms with van der Waals surface area (Å²) < 4.78 is 44.3. The highest BCUT2D eigenvalue weighted by Gasteiger charge is 2.88. The first kappa shape index (κ1) is 30.1. The molecule has 1 saturated heterocycles. The van der Waals surface area contributed by atoms with Gasteiger partial charge in [-0.2, -0.15) is 0 Å². The highest BCUT2D eigenvalue weighted by molar-refractivity contribution is 7.90. The summed E-state index contributed by atoms with van der Waals surface area (Å²) >= 11 is 0. The lowest BCUT2D eigenvalue weighted by molar-refractivity contribution is -0.335. The monoisotopic (exact) mass is 617 g/mol. The number of likely N-dealkylation sites (N-methyl/N-ethyl adjacent to an activating group) is 1. The van der Waals surface area contributed by atoms with Crippen LogP contribution in [0.1, 0.15) is 68.8 Å². The van der Waals surface area contributed by atoms with E-state index in [2.05, 4.69) is 18.7 Å². The van der Waals surface area contributed by atoms with Crippen molar-refractivity contribution in [3.63, 3.8) is 0 Å². The lowest BCUT2D eigenvalue weighted by atomic mass is 9.43. The van der Waals surface area contributed by atoms with Crippen molar-refractivity contribution < 1.29 is 37.6 Å². The van der Waals surface area contributed by atoms with Crippen molar-refractivity contribution in [1.29, 1.82) is 0 Å². The fraction of sp³-hybridized carbons (Fsp3) is 0.788. The minimum absolute atomic E-state index is 0.00710. The maximum Gasteiger partial charge on any atom is 0.339 e. The summed E-state index contributed by atoms with van der Waals surface area (Å²) in [5, 5.41) is 25.6. The smallest absolute Gasteiger partial charge is 0.339 e. The standard InChI is InChI=1S/C33H47NO8S/c1-6-34-18-30(42-29(35)21-11-9-8-10-20(21)17-43(38,39)7-2)13-12-26(40-4)32-24(30)15-23(27(32)34)31(36)16-19(3)22-14-25(32)33(31,37)28(22)41-5/h8-11,19,22-28,36-37H,6-7,12-18H2,1-5H3/t19-,22+,23?,24?,25?,26-,27+,28-,30+,31-,32?,33-/m0/s1. The van der Waals surface area contributed by atoms with Crippen molar-refractivity contribution in [3.8, 4) is 0 Å². The van der Waals surface area contributed by atoms with Gasteiger partial charge < -0.3 is 24.4 Å². The van der Waals surface area contributed by atoms with Crippen LogP contribution >= 0.6 is 0 Å². The van der Waals surface area contributed by atoms with E-state index in [-0.39, 0.29) is 58.8 Å².